The van der Waals surface area contributed by atoms with Crippen molar-refractivity contribution in [1.82, 2.24) is 19.9 Å². The molecule has 1 atom stereocenters. The van der Waals surface area contributed by atoms with Gasteiger partial charge in [-0.15, -0.1) is 0 Å². The molecule has 0 aliphatic carbocycles. The Labute approximate surface area is 134 Å². The van der Waals surface area contributed by atoms with Gasteiger partial charge in [-0.1, -0.05) is 6.07 Å². The van der Waals surface area contributed by atoms with E-state index >= 15 is 0 Å². The predicted molar refractivity (Wildman–Crippen MR) is 82.1 cm³/mol. The summed E-state index contributed by atoms with van der Waals surface area (Å²) in [5.74, 6) is 0.415. The third-order valence-corrected chi connectivity index (χ3v) is 3.48. The van der Waals surface area contributed by atoms with Crippen LogP contribution in [0.2, 0.25) is 0 Å². The first kappa shape index (κ1) is 15.4. The van der Waals surface area contributed by atoms with Gasteiger partial charge < -0.3 is 14.4 Å². The minimum absolute atomic E-state index is 0.123. The fourth-order valence-electron chi connectivity index (χ4n) is 2.38. The zero-order valence-electron chi connectivity index (χ0n) is 12.9. The number of hydrogen-bond acceptors (Lipinski definition) is 6. The Morgan fingerprint density at radius 3 is 2.96 bits per heavy atom. The van der Waals surface area contributed by atoms with Crippen molar-refractivity contribution in [3.8, 4) is 5.88 Å². The molecule has 1 amide bonds. The van der Waals surface area contributed by atoms with Crippen molar-refractivity contribution in [3.05, 3.63) is 48.2 Å². The Morgan fingerprint density at radius 2 is 2.17 bits per heavy atom. The molecule has 1 aliphatic heterocycles. The molecular formula is C16H18N4O3. The number of carbonyl (C=O) groups is 1. The van der Waals surface area contributed by atoms with Gasteiger partial charge in [-0.3, -0.25) is 4.79 Å². The molecule has 0 bridgehead atoms. The summed E-state index contributed by atoms with van der Waals surface area (Å²) in [6.07, 6.45) is 4.16. The molecule has 3 rings (SSSR count). The standard InChI is InChI=1S/C16H18N4O3/c1-12-3-2-4-15(19-12)23-14-9-20(5-6-22-10-14)16(21)13-7-17-11-18-8-13/h2-4,7-8,11,14H,5-6,9-10H2,1H3. The lowest BCUT2D eigenvalue weighted by Gasteiger charge is -2.23. The quantitative estimate of drug-likeness (QED) is 0.844. The van der Waals surface area contributed by atoms with Gasteiger partial charge in [-0.05, 0) is 13.0 Å². The molecule has 1 fully saturated rings. The molecule has 3 heterocycles. The largest absolute Gasteiger partial charge is 0.470 e. The SMILES string of the molecule is Cc1cccc(OC2COCCN(C(=O)c3cncnc3)C2)n1. The summed E-state index contributed by atoms with van der Waals surface area (Å²) in [4.78, 5) is 26.3. The van der Waals surface area contributed by atoms with Crippen molar-refractivity contribution in [2.24, 2.45) is 0 Å². The fraction of sp³-hybridized carbons (Fsp3) is 0.375. The normalized spacial score (nSPS) is 18.3. The lowest BCUT2D eigenvalue weighted by Crippen LogP contribution is -2.40. The van der Waals surface area contributed by atoms with Crippen LogP contribution in [0.5, 0.6) is 5.88 Å². The number of nitrogens with zero attached hydrogens (tertiary/aromatic N) is 4. The molecule has 0 spiro atoms. The van der Waals surface area contributed by atoms with Crippen molar-refractivity contribution in [1.29, 1.82) is 0 Å². The Kier molecular flexibility index (Phi) is 4.77. The third kappa shape index (κ3) is 4.01. The molecule has 1 saturated heterocycles. The van der Waals surface area contributed by atoms with E-state index < -0.39 is 0 Å². The molecule has 2 aromatic rings. The van der Waals surface area contributed by atoms with Crippen LogP contribution in [0.4, 0.5) is 0 Å². The zero-order valence-corrected chi connectivity index (χ0v) is 12.9. The topological polar surface area (TPSA) is 77.4 Å². The van der Waals surface area contributed by atoms with E-state index in [1.807, 2.05) is 19.1 Å². The van der Waals surface area contributed by atoms with Crippen LogP contribution in [0.3, 0.4) is 0 Å². The minimum Gasteiger partial charge on any atom is -0.470 e. The predicted octanol–water partition coefficient (Wildman–Crippen LogP) is 1.10. The van der Waals surface area contributed by atoms with E-state index in [-0.39, 0.29) is 12.0 Å². The highest BCUT2D eigenvalue weighted by atomic mass is 16.5. The van der Waals surface area contributed by atoms with Gasteiger partial charge in [-0.25, -0.2) is 15.0 Å². The Hall–Kier alpha value is -2.54. The van der Waals surface area contributed by atoms with Gasteiger partial charge in [0, 0.05) is 30.7 Å². The van der Waals surface area contributed by atoms with Gasteiger partial charge in [0.15, 0.2) is 0 Å². The average molecular weight is 314 g/mol. The summed E-state index contributed by atoms with van der Waals surface area (Å²) in [6.45, 7) is 3.74. The Morgan fingerprint density at radius 1 is 1.35 bits per heavy atom. The van der Waals surface area contributed by atoms with E-state index in [1.165, 1.54) is 18.7 Å². The number of rotatable bonds is 3. The number of amides is 1. The van der Waals surface area contributed by atoms with E-state index in [4.69, 9.17) is 9.47 Å². The summed E-state index contributed by atoms with van der Waals surface area (Å²) in [7, 11) is 0. The highest BCUT2D eigenvalue weighted by molar-refractivity contribution is 5.93. The van der Waals surface area contributed by atoms with Crippen LogP contribution in [0, 0.1) is 6.92 Å². The van der Waals surface area contributed by atoms with Gasteiger partial charge in [0.25, 0.3) is 5.91 Å². The van der Waals surface area contributed by atoms with Crippen molar-refractivity contribution in [2.75, 3.05) is 26.3 Å². The maximum Gasteiger partial charge on any atom is 0.257 e. The van der Waals surface area contributed by atoms with E-state index in [0.29, 0.717) is 37.7 Å². The Bertz CT molecular complexity index is 665. The van der Waals surface area contributed by atoms with Crippen LogP contribution in [-0.2, 0) is 4.74 Å². The number of aromatic nitrogens is 3. The first-order valence-corrected chi connectivity index (χ1v) is 7.45. The van der Waals surface area contributed by atoms with Crippen LogP contribution in [0.15, 0.2) is 36.9 Å². The molecule has 23 heavy (non-hydrogen) atoms. The zero-order chi connectivity index (χ0) is 16.1. The maximum absolute atomic E-state index is 12.5. The molecule has 7 nitrogen and oxygen atoms in total. The van der Waals surface area contributed by atoms with E-state index in [2.05, 4.69) is 15.0 Å². The first-order chi connectivity index (χ1) is 11.2. The van der Waals surface area contributed by atoms with Crippen LogP contribution in [0.25, 0.3) is 0 Å². The summed E-state index contributed by atoms with van der Waals surface area (Å²) >= 11 is 0. The molecule has 0 aromatic carbocycles. The lowest BCUT2D eigenvalue weighted by atomic mass is 10.2. The number of carbonyl (C=O) groups excluding carboxylic acids is 1. The van der Waals surface area contributed by atoms with E-state index in [0.717, 1.165) is 5.69 Å². The smallest absolute Gasteiger partial charge is 0.257 e. The van der Waals surface area contributed by atoms with Crippen LogP contribution in [0.1, 0.15) is 16.1 Å². The molecule has 0 saturated carbocycles. The molecular weight excluding hydrogens is 296 g/mol. The van der Waals surface area contributed by atoms with Crippen LogP contribution >= 0.6 is 0 Å². The second kappa shape index (κ2) is 7.15. The monoisotopic (exact) mass is 314 g/mol. The van der Waals surface area contributed by atoms with Crippen molar-refractivity contribution in [3.63, 3.8) is 0 Å². The molecule has 120 valence electrons. The molecule has 0 N–H and O–H groups in total. The molecule has 2 aromatic heterocycles. The highest BCUT2D eigenvalue weighted by Crippen LogP contribution is 2.13. The summed E-state index contributed by atoms with van der Waals surface area (Å²) < 4.78 is 11.4. The fourth-order valence-corrected chi connectivity index (χ4v) is 2.38. The first-order valence-electron chi connectivity index (χ1n) is 7.45. The van der Waals surface area contributed by atoms with Gasteiger partial charge in [0.1, 0.15) is 12.4 Å². The molecule has 1 aliphatic rings. The van der Waals surface area contributed by atoms with Crippen molar-refractivity contribution >= 4 is 5.91 Å². The van der Waals surface area contributed by atoms with Gasteiger partial charge >= 0.3 is 0 Å². The molecule has 0 radical (unpaired) electrons. The number of aryl methyl sites for hydroxylation is 1. The minimum atomic E-state index is -0.264. The number of hydrogen-bond donors (Lipinski definition) is 0. The molecule has 7 heteroatoms. The van der Waals surface area contributed by atoms with Crippen LogP contribution in [-0.4, -0.2) is 58.2 Å². The van der Waals surface area contributed by atoms with Gasteiger partial charge in [0.05, 0.1) is 25.3 Å². The van der Waals surface area contributed by atoms with E-state index in [9.17, 15) is 4.79 Å². The Balaban J connectivity index is 1.70. The summed E-state index contributed by atoms with van der Waals surface area (Å²) in [5, 5.41) is 0. The molecule has 1 unspecified atom stereocenters. The van der Waals surface area contributed by atoms with Gasteiger partial charge in [0.2, 0.25) is 5.88 Å². The van der Waals surface area contributed by atoms with E-state index in [1.54, 1.807) is 11.0 Å². The van der Waals surface area contributed by atoms with Crippen LogP contribution < -0.4 is 4.74 Å². The third-order valence-electron chi connectivity index (χ3n) is 3.48. The lowest BCUT2D eigenvalue weighted by molar-refractivity contribution is 0.0632. The van der Waals surface area contributed by atoms with Crippen molar-refractivity contribution < 1.29 is 14.3 Å². The average Bonchev–Trinajstić information content (AvgIpc) is 2.80. The van der Waals surface area contributed by atoms with Crippen molar-refractivity contribution in [2.45, 2.75) is 13.0 Å². The summed E-state index contributed by atoms with van der Waals surface area (Å²) in [5.41, 5.74) is 1.34. The second-order valence-corrected chi connectivity index (χ2v) is 5.31. The van der Waals surface area contributed by atoms with Gasteiger partial charge in [-0.2, -0.15) is 0 Å². The number of ether oxygens (including phenoxy) is 2. The number of pyridine rings is 1. The maximum atomic E-state index is 12.5. The second-order valence-electron chi connectivity index (χ2n) is 5.31. The highest BCUT2D eigenvalue weighted by Gasteiger charge is 2.25. The summed E-state index contributed by atoms with van der Waals surface area (Å²) in [6, 6.07) is 5.59.